The molecule has 0 bridgehead atoms. The molecule has 0 saturated carbocycles. The van der Waals surface area contributed by atoms with Crippen LogP contribution < -0.4 is 4.74 Å². The fourth-order valence-electron chi connectivity index (χ4n) is 1.97. The smallest absolute Gasteiger partial charge is 0.123 e. The van der Waals surface area contributed by atoms with Gasteiger partial charge in [0.2, 0.25) is 0 Å². The summed E-state index contributed by atoms with van der Waals surface area (Å²) in [6.07, 6.45) is 2.21. The number of methoxy groups -OCH3 is 1. The Labute approximate surface area is 101 Å². The van der Waals surface area contributed by atoms with Gasteiger partial charge in [0.1, 0.15) is 5.75 Å². The quantitative estimate of drug-likeness (QED) is 0.808. The molecule has 0 aliphatic heterocycles. The number of benzene rings is 2. The second-order valence-electron chi connectivity index (χ2n) is 3.92. The monoisotopic (exact) mass is 228 g/mol. The molecule has 17 heavy (non-hydrogen) atoms. The van der Waals surface area contributed by atoms with Crippen LogP contribution in [0.4, 0.5) is 0 Å². The Kier molecular flexibility index (Phi) is 3.33. The summed E-state index contributed by atoms with van der Waals surface area (Å²) in [5.41, 5.74) is 1.03. The lowest BCUT2D eigenvalue weighted by Crippen LogP contribution is -1.96. The van der Waals surface area contributed by atoms with Crippen LogP contribution in [0.1, 0.15) is 12.5 Å². The van der Waals surface area contributed by atoms with Gasteiger partial charge in [-0.05, 0) is 29.8 Å². The fraction of sp³-hybridized carbons (Fsp3) is 0.200. The number of aliphatic hydroxyl groups excluding tert-OH is 1. The normalized spacial score (nSPS) is 11.8. The van der Waals surface area contributed by atoms with Crippen molar-refractivity contribution in [2.45, 2.75) is 13.3 Å². The highest BCUT2D eigenvalue weighted by Gasteiger charge is 2.09. The van der Waals surface area contributed by atoms with Crippen LogP contribution >= 0.6 is 0 Å². The van der Waals surface area contributed by atoms with Gasteiger partial charge in [-0.3, -0.25) is 0 Å². The summed E-state index contributed by atoms with van der Waals surface area (Å²) >= 11 is 0. The van der Waals surface area contributed by atoms with E-state index in [4.69, 9.17) is 4.74 Å². The van der Waals surface area contributed by atoms with E-state index in [0.717, 1.165) is 22.1 Å². The van der Waals surface area contributed by atoms with E-state index in [1.165, 1.54) is 0 Å². The number of hydrogen-bond donors (Lipinski definition) is 1. The third-order valence-corrected chi connectivity index (χ3v) is 2.91. The van der Waals surface area contributed by atoms with Gasteiger partial charge in [0.15, 0.2) is 0 Å². The van der Waals surface area contributed by atoms with Gasteiger partial charge in [-0.15, -0.1) is 0 Å². The van der Waals surface area contributed by atoms with E-state index in [0.29, 0.717) is 12.2 Å². The Morgan fingerprint density at radius 1 is 1.24 bits per heavy atom. The molecule has 0 aliphatic carbocycles. The Morgan fingerprint density at radius 2 is 2.00 bits per heavy atom. The average molecular weight is 228 g/mol. The molecule has 0 atom stereocenters. The zero-order valence-corrected chi connectivity index (χ0v) is 10.1. The number of ether oxygens (including phenoxy) is 1. The molecule has 2 rings (SSSR count). The van der Waals surface area contributed by atoms with Crippen LogP contribution in [0.25, 0.3) is 10.8 Å². The molecule has 88 valence electrons. The van der Waals surface area contributed by atoms with Crippen LogP contribution in [0.5, 0.6) is 5.75 Å². The maximum absolute atomic E-state index is 9.70. The van der Waals surface area contributed by atoms with Gasteiger partial charge < -0.3 is 9.84 Å². The van der Waals surface area contributed by atoms with Gasteiger partial charge in [0.05, 0.1) is 12.9 Å². The number of hydrogen-bond acceptors (Lipinski definition) is 2. The maximum Gasteiger partial charge on any atom is 0.123 e. The first-order valence-corrected chi connectivity index (χ1v) is 5.65. The van der Waals surface area contributed by atoms with Crippen molar-refractivity contribution in [1.29, 1.82) is 0 Å². The highest BCUT2D eigenvalue weighted by atomic mass is 16.5. The van der Waals surface area contributed by atoms with Crippen molar-refractivity contribution in [1.82, 2.24) is 0 Å². The summed E-state index contributed by atoms with van der Waals surface area (Å²) < 4.78 is 5.36. The highest BCUT2D eigenvalue weighted by Crippen LogP contribution is 2.29. The molecule has 2 heteroatoms. The Hall–Kier alpha value is -1.96. The largest absolute Gasteiger partial charge is 0.512 e. The van der Waals surface area contributed by atoms with Crippen LogP contribution in [0, 0.1) is 0 Å². The molecule has 0 amide bonds. The molecule has 2 aromatic carbocycles. The lowest BCUT2D eigenvalue weighted by atomic mass is 10.00. The molecule has 0 spiro atoms. The maximum atomic E-state index is 9.70. The first-order valence-electron chi connectivity index (χ1n) is 5.65. The first kappa shape index (κ1) is 11.5. The lowest BCUT2D eigenvalue weighted by molar-refractivity contribution is 0.386. The lowest BCUT2D eigenvalue weighted by Gasteiger charge is -2.11. The van der Waals surface area contributed by atoms with E-state index in [9.17, 15) is 5.11 Å². The summed E-state index contributed by atoms with van der Waals surface area (Å²) in [4.78, 5) is 0. The predicted molar refractivity (Wildman–Crippen MR) is 70.6 cm³/mol. The third-order valence-electron chi connectivity index (χ3n) is 2.91. The number of allylic oxidation sites excluding steroid dienone is 2. The summed E-state index contributed by atoms with van der Waals surface area (Å²) in [6.45, 7) is 1.83. The van der Waals surface area contributed by atoms with Crippen LogP contribution in [-0.4, -0.2) is 12.2 Å². The molecule has 0 aliphatic rings. The van der Waals surface area contributed by atoms with Crippen LogP contribution in [-0.2, 0) is 6.42 Å². The first-order chi connectivity index (χ1) is 8.26. The van der Waals surface area contributed by atoms with E-state index in [2.05, 4.69) is 12.1 Å². The van der Waals surface area contributed by atoms with Crippen molar-refractivity contribution in [2.24, 2.45) is 0 Å². The SMILES string of the molecule is C/C=C(/O)Cc1c(OC)ccc2ccccc12. The Bertz CT molecular complexity index is 556. The highest BCUT2D eigenvalue weighted by molar-refractivity contribution is 5.88. The summed E-state index contributed by atoms with van der Waals surface area (Å²) in [6, 6.07) is 12.1. The molecule has 2 nitrogen and oxygen atoms in total. The summed E-state index contributed by atoms with van der Waals surface area (Å²) in [5.74, 6) is 1.18. The topological polar surface area (TPSA) is 29.5 Å². The van der Waals surface area contributed by atoms with Gasteiger partial charge in [0.25, 0.3) is 0 Å². The molecule has 0 heterocycles. The van der Waals surface area contributed by atoms with Gasteiger partial charge in [-0.2, -0.15) is 0 Å². The minimum Gasteiger partial charge on any atom is -0.512 e. The minimum atomic E-state index is 0.361. The van der Waals surface area contributed by atoms with E-state index in [1.54, 1.807) is 13.2 Å². The van der Waals surface area contributed by atoms with Crippen molar-refractivity contribution in [2.75, 3.05) is 7.11 Å². The average Bonchev–Trinajstić information content (AvgIpc) is 2.39. The number of aliphatic hydroxyl groups is 1. The Balaban J connectivity index is 2.62. The van der Waals surface area contributed by atoms with Crippen molar-refractivity contribution < 1.29 is 9.84 Å². The minimum absolute atomic E-state index is 0.361. The summed E-state index contributed by atoms with van der Waals surface area (Å²) in [5, 5.41) is 12.0. The number of rotatable bonds is 3. The molecular formula is C15H16O2. The molecule has 0 radical (unpaired) electrons. The molecule has 2 aromatic rings. The van der Waals surface area contributed by atoms with Gasteiger partial charge in [0, 0.05) is 12.0 Å². The second-order valence-corrected chi connectivity index (χ2v) is 3.92. The van der Waals surface area contributed by atoms with Gasteiger partial charge in [-0.25, -0.2) is 0 Å². The van der Waals surface area contributed by atoms with E-state index in [-0.39, 0.29) is 0 Å². The van der Waals surface area contributed by atoms with Crippen molar-refractivity contribution in [3.05, 3.63) is 53.8 Å². The predicted octanol–water partition coefficient (Wildman–Crippen LogP) is 3.85. The van der Waals surface area contributed by atoms with E-state index in [1.807, 2.05) is 31.2 Å². The zero-order chi connectivity index (χ0) is 12.3. The molecule has 0 aromatic heterocycles. The molecule has 0 fully saturated rings. The van der Waals surface area contributed by atoms with Crippen LogP contribution in [0.3, 0.4) is 0 Å². The molecule has 0 saturated heterocycles. The van der Waals surface area contributed by atoms with Gasteiger partial charge in [-0.1, -0.05) is 30.3 Å². The van der Waals surface area contributed by atoms with E-state index < -0.39 is 0 Å². The summed E-state index contributed by atoms with van der Waals surface area (Å²) in [7, 11) is 1.65. The zero-order valence-electron chi connectivity index (χ0n) is 10.1. The fourth-order valence-corrected chi connectivity index (χ4v) is 1.97. The van der Waals surface area contributed by atoms with Crippen molar-refractivity contribution in [3.63, 3.8) is 0 Å². The Morgan fingerprint density at radius 3 is 2.71 bits per heavy atom. The van der Waals surface area contributed by atoms with E-state index >= 15 is 0 Å². The van der Waals surface area contributed by atoms with Crippen LogP contribution in [0.15, 0.2) is 48.2 Å². The standard InChI is InChI=1S/C15H16O2/c1-3-12(16)10-14-13-7-5-4-6-11(13)8-9-15(14)17-2/h3-9,16H,10H2,1-2H3/b12-3+. The van der Waals surface area contributed by atoms with Gasteiger partial charge >= 0.3 is 0 Å². The molecule has 1 N–H and O–H groups in total. The molecule has 0 unspecified atom stereocenters. The van der Waals surface area contributed by atoms with Crippen molar-refractivity contribution in [3.8, 4) is 5.75 Å². The second kappa shape index (κ2) is 4.91. The number of fused-ring (bicyclic) bond motifs is 1. The van der Waals surface area contributed by atoms with Crippen molar-refractivity contribution >= 4 is 10.8 Å². The molecular weight excluding hydrogens is 212 g/mol. The third kappa shape index (κ3) is 2.26. The van der Waals surface area contributed by atoms with Crippen LogP contribution in [0.2, 0.25) is 0 Å².